The van der Waals surface area contributed by atoms with Crippen molar-refractivity contribution in [3.8, 4) is 0 Å². The molecule has 0 saturated heterocycles. The van der Waals surface area contributed by atoms with Crippen molar-refractivity contribution in [1.82, 2.24) is 4.90 Å². The molecule has 1 unspecified atom stereocenters. The Hall–Kier alpha value is -0.770. The van der Waals surface area contributed by atoms with Crippen molar-refractivity contribution in [2.24, 2.45) is 11.7 Å². The van der Waals surface area contributed by atoms with Crippen LogP contribution >= 0.6 is 11.6 Å². The van der Waals surface area contributed by atoms with Crippen LogP contribution in [0.25, 0.3) is 0 Å². The molecule has 1 atom stereocenters. The summed E-state index contributed by atoms with van der Waals surface area (Å²) in [5.74, 6) is 0.598. The smallest absolute Gasteiger partial charge is 0.0642 e. The molecule has 1 aromatic carbocycles. The molecule has 1 aromatic rings. The number of benzene rings is 1. The van der Waals surface area contributed by atoms with Gasteiger partial charge in [0.2, 0.25) is 0 Å². The lowest BCUT2D eigenvalue weighted by Gasteiger charge is -2.29. The third kappa shape index (κ3) is 5.31. The minimum atomic E-state index is 0.0156. The highest BCUT2D eigenvalue weighted by atomic mass is 35.5. The van der Waals surface area contributed by atoms with Crippen LogP contribution < -0.4 is 10.6 Å². The first kappa shape index (κ1) is 17.3. The molecule has 0 fully saturated rings. The second-order valence-electron chi connectivity index (χ2n) is 6.14. The number of anilines is 1. The lowest BCUT2D eigenvalue weighted by atomic mass is 10.1. The van der Waals surface area contributed by atoms with Gasteiger partial charge in [-0.2, -0.15) is 0 Å². The average Bonchev–Trinajstić information content (AvgIpc) is 2.33. The van der Waals surface area contributed by atoms with E-state index in [0.717, 1.165) is 35.9 Å². The van der Waals surface area contributed by atoms with E-state index in [9.17, 15) is 0 Å². The molecule has 0 spiro atoms. The van der Waals surface area contributed by atoms with Gasteiger partial charge in [0.1, 0.15) is 0 Å². The number of nitrogens with two attached hydrogens (primary N) is 1. The molecule has 0 bridgehead atoms. The lowest BCUT2D eigenvalue weighted by Crippen LogP contribution is -2.34. The van der Waals surface area contributed by atoms with Gasteiger partial charge in [0.15, 0.2) is 0 Å². The molecule has 114 valence electrons. The van der Waals surface area contributed by atoms with Crippen molar-refractivity contribution in [1.29, 1.82) is 0 Å². The molecule has 20 heavy (non-hydrogen) atoms. The van der Waals surface area contributed by atoms with E-state index in [-0.39, 0.29) is 6.04 Å². The van der Waals surface area contributed by atoms with E-state index in [1.807, 2.05) is 13.0 Å². The van der Waals surface area contributed by atoms with Crippen LogP contribution in [0.1, 0.15) is 32.4 Å². The predicted molar refractivity (Wildman–Crippen MR) is 89.7 cm³/mol. The summed E-state index contributed by atoms with van der Waals surface area (Å²) in [6, 6.07) is 6.18. The van der Waals surface area contributed by atoms with Gasteiger partial charge in [-0.05, 0) is 44.6 Å². The Morgan fingerprint density at radius 3 is 2.25 bits per heavy atom. The van der Waals surface area contributed by atoms with E-state index < -0.39 is 0 Å². The fourth-order valence-electron chi connectivity index (χ4n) is 2.13. The number of hydrogen-bond acceptors (Lipinski definition) is 3. The molecule has 0 saturated carbocycles. The minimum Gasteiger partial charge on any atom is -0.369 e. The first-order valence-corrected chi connectivity index (χ1v) is 7.63. The molecule has 2 N–H and O–H groups in total. The van der Waals surface area contributed by atoms with Gasteiger partial charge in [-0.3, -0.25) is 0 Å². The van der Waals surface area contributed by atoms with Crippen LogP contribution in [0.5, 0.6) is 0 Å². The van der Waals surface area contributed by atoms with E-state index in [2.05, 4.69) is 49.9 Å². The van der Waals surface area contributed by atoms with E-state index in [4.69, 9.17) is 17.3 Å². The van der Waals surface area contributed by atoms with Gasteiger partial charge in [-0.1, -0.05) is 31.5 Å². The Labute approximate surface area is 128 Å². The first-order valence-electron chi connectivity index (χ1n) is 7.26. The average molecular weight is 298 g/mol. The maximum Gasteiger partial charge on any atom is 0.0642 e. The van der Waals surface area contributed by atoms with Crippen molar-refractivity contribution in [2.45, 2.75) is 26.8 Å². The van der Waals surface area contributed by atoms with E-state index in [1.54, 1.807) is 0 Å². The van der Waals surface area contributed by atoms with Crippen molar-refractivity contribution < 1.29 is 0 Å². The van der Waals surface area contributed by atoms with Crippen LogP contribution in [-0.2, 0) is 0 Å². The van der Waals surface area contributed by atoms with Gasteiger partial charge >= 0.3 is 0 Å². The second kappa shape index (κ2) is 7.87. The largest absolute Gasteiger partial charge is 0.369 e. The highest BCUT2D eigenvalue weighted by molar-refractivity contribution is 6.33. The molecular weight excluding hydrogens is 270 g/mol. The molecule has 1 rings (SSSR count). The molecule has 0 aliphatic carbocycles. The summed E-state index contributed by atoms with van der Waals surface area (Å²) in [7, 11) is 4.18. The molecule has 0 aliphatic heterocycles. The van der Waals surface area contributed by atoms with Crippen LogP contribution in [0.3, 0.4) is 0 Å². The van der Waals surface area contributed by atoms with Crippen molar-refractivity contribution in [2.75, 3.05) is 38.6 Å². The summed E-state index contributed by atoms with van der Waals surface area (Å²) < 4.78 is 0. The summed E-state index contributed by atoms with van der Waals surface area (Å²) in [4.78, 5) is 4.55. The topological polar surface area (TPSA) is 32.5 Å². The van der Waals surface area contributed by atoms with Crippen LogP contribution in [0.4, 0.5) is 5.69 Å². The highest BCUT2D eigenvalue weighted by Gasteiger charge is 2.13. The molecule has 0 aromatic heterocycles. The number of nitrogens with zero attached hydrogens (tertiary/aromatic N) is 2. The van der Waals surface area contributed by atoms with Gasteiger partial charge in [0.05, 0.1) is 10.7 Å². The zero-order valence-electron chi connectivity index (χ0n) is 13.4. The normalized spacial score (nSPS) is 13.1. The Kier molecular flexibility index (Phi) is 6.80. The summed E-state index contributed by atoms with van der Waals surface area (Å²) in [5, 5.41) is 0.791. The third-order valence-electron chi connectivity index (χ3n) is 3.24. The molecule has 0 amide bonds. The van der Waals surface area contributed by atoms with Gasteiger partial charge in [-0.15, -0.1) is 0 Å². The fraction of sp³-hybridized carbons (Fsp3) is 0.625. The van der Waals surface area contributed by atoms with E-state index >= 15 is 0 Å². The minimum absolute atomic E-state index is 0.0156. The number of halogens is 1. The van der Waals surface area contributed by atoms with Crippen molar-refractivity contribution in [3.63, 3.8) is 0 Å². The maximum atomic E-state index is 6.46. The van der Waals surface area contributed by atoms with Crippen molar-refractivity contribution >= 4 is 17.3 Å². The Bertz CT molecular complexity index is 416. The number of hydrogen-bond donors (Lipinski definition) is 1. The maximum absolute atomic E-state index is 6.46. The van der Waals surface area contributed by atoms with Gasteiger partial charge in [0.25, 0.3) is 0 Å². The Morgan fingerprint density at radius 1 is 1.15 bits per heavy atom. The second-order valence-corrected chi connectivity index (χ2v) is 6.55. The quantitative estimate of drug-likeness (QED) is 0.837. The molecule has 3 nitrogen and oxygen atoms in total. The van der Waals surface area contributed by atoms with E-state index in [0.29, 0.717) is 5.92 Å². The summed E-state index contributed by atoms with van der Waals surface area (Å²) in [6.45, 7) is 9.43. The Balaban J connectivity index is 2.94. The highest BCUT2D eigenvalue weighted by Crippen LogP contribution is 2.29. The zero-order chi connectivity index (χ0) is 15.3. The van der Waals surface area contributed by atoms with Gasteiger partial charge < -0.3 is 15.5 Å². The van der Waals surface area contributed by atoms with Gasteiger partial charge in [0, 0.05) is 25.7 Å². The third-order valence-corrected chi connectivity index (χ3v) is 3.54. The van der Waals surface area contributed by atoms with Crippen LogP contribution in [0.15, 0.2) is 18.2 Å². The predicted octanol–water partition coefficient (Wildman–Crippen LogP) is 3.38. The zero-order valence-corrected chi connectivity index (χ0v) is 14.1. The van der Waals surface area contributed by atoms with E-state index in [1.165, 1.54) is 0 Å². The van der Waals surface area contributed by atoms with Crippen LogP contribution in [-0.4, -0.2) is 38.6 Å². The first-order chi connectivity index (χ1) is 9.31. The van der Waals surface area contributed by atoms with Gasteiger partial charge in [-0.25, -0.2) is 0 Å². The summed E-state index contributed by atoms with van der Waals surface area (Å²) in [6.07, 6.45) is 0. The SMILES string of the molecule is CC(C)CN(CCN(C)C)c1ccc(C(C)N)cc1Cl. The molecule has 4 heteroatoms. The monoisotopic (exact) mass is 297 g/mol. The van der Waals surface area contributed by atoms with Crippen molar-refractivity contribution in [3.05, 3.63) is 28.8 Å². The standard InChI is InChI=1S/C16H28ClN3/c1-12(2)11-20(9-8-19(4)5)16-7-6-14(13(3)18)10-15(16)17/h6-7,10,12-13H,8-9,11,18H2,1-5H3. The van der Waals surface area contributed by atoms with Crippen LogP contribution in [0, 0.1) is 5.92 Å². The fourth-order valence-corrected chi connectivity index (χ4v) is 2.44. The summed E-state index contributed by atoms with van der Waals surface area (Å²) in [5.41, 5.74) is 8.09. The summed E-state index contributed by atoms with van der Waals surface area (Å²) >= 11 is 6.46. The molecular formula is C16H28ClN3. The molecule has 0 radical (unpaired) electrons. The molecule has 0 heterocycles. The number of rotatable bonds is 7. The number of likely N-dealkylation sites (N-methyl/N-ethyl adjacent to an activating group) is 1. The molecule has 0 aliphatic rings. The van der Waals surface area contributed by atoms with Crippen LogP contribution in [0.2, 0.25) is 5.02 Å². The lowest BCUT2D eigenvalue weighted by molar-refractivity contribution is 0.409. The Morgan fingerprint density at radius 2 is 1.80 bits per heavy atom.